The van der Waals surface area contributed by atoms with Gasteiger partial charge in [0.05, 0.1) is 16.9 Å². The van der Waals surface area contributed by atoms with E-state index in [9.17, 15) is 24.5 Å². The van der Waals surface area contributed by atoms with Crippen molar-refractivity contribution >= 4 is 40.6 Å². The highest BCUT2D eigenvalue weighted by Crippen LogP contribution is 2.58. The number of anilines is 2. The van der Waals surface area contributed by atoms with E-state index in [0.29, 0.717) is 22.7 Å². The Labute approximate surface area is 260 Å². The number of hydrogen-bond donors (Lipinski definition) is 1. The quantitative estimate of drug-likeness (QED) is 0.145. The number of fused-ring (bicyclic) bond motifs is 6. The van der Waals surface area contributed by atoms with Crippen LogP contribution in [0.4, 0.5) is 17.1 Å². The number of nitro groups is 1. The molecular formula is C37H31N3O5. The van der Waals surface area contributed by atoms with Gasteiger partial charge in [-0.25, -0.2) is 0 Å². The first-order chi connectivity index (χ1) is 21.7. The molecule has 0 saturated carbocycles. The number of carbonyl (C=O) groups excluding carboxylic acids is 3. The highest BCUT2D eigenvalue weighted by atomic mass is 16.6. The van der Waals surface area contributed by atoms with E-state index in [1.165, 1.54) is 24.3 Å². The number of carbonyl (C=O) groups is 3. The zero-order valence-corrected chi connectivity index (χ0v) is 24.8. The molecule has 1 amide bonds. The van der Waals surface area contributed by atoms with Crippen LogP contribution in [0.3, 0.4) is 0 Å². The average molecular weight is 598 g/mol. The Bertz CT molecular complexity index is 1900. The molecule has 3 aliphatic heterocycles. The maximum atomic E-state index is 15.0. The first-order valence-corrected chi connectivity index (χ1v) is 15.1. The SMILES string of the molecule is CC(C)Cc1ccc(C(=O)[C@@H]2[C@H](C(=O)c3ccc([N+](=O)[O-])cc3)N3c4ccccc4C=C[C@H]3[C@@]23C(=O)Nc2ccccc23)cc1. The lowest BCUT2D eigenvalue weighted by Gasteiger charge is -2.37. The van der Waals surface area contributed by atoms with Gasteiger partial charge >= 0.3 is 0 Å². The number of rotatable bonds is 7. The molecule has 1 saturated heterocycles. The minimum absolute atomic E-state index is 0.142. The van der Waals surface area contributed by atoms with E-state index >= 15 is 0 Å². The Kier molecular flexibility index (Phi) is 6.73. The normalized spacial score (nSPS) is 22.6. The summed E-state index contributed by atoms with van der Waals surface area (Å²) in [5.74, 6) is -1.70. The van der Waals surface area contributed by atoms with E-state index in [1.807, 2.05) is 77.7 Å². The molecule has 1 fully saturated rings. The van der Waals surface area contributed by atoms with Crippen molar-refractivity contribution in [3.63, 3.8) is 0 Å². The number of non-ortho nitro benzene ring substituents is 1. The summed E-state index contributed by atoms with van der Waals surface area (Å²) in [4.78, 5) is 57.0. The third-order valence-corrected chi connectivity index (χ3v) is 9.34. The second kappa shape index (κ2) is 10.7. The van der Waals surface area contributed by atoms with Crippen molar-refractivity contribution in [3.8, 4) is 0 Å². The van der Waals surface area contributed by atoms with Gasteiger partial charge in [-0.05, 0) is 53.3 Å². The number of para-hydroxylation sites is 2. The summed E-state index contributed by atoms with van der Waals surface area (Å²) in [7, 11) is 0. The summed E-state index contributed by atoms with van der Waals surface area (Å²) in [6.07, 6.45) is 4.74. The predicted molar refractivity (Wildman–Crippen MR) is 173 cm³/mol. The van der Waals surface area contributed by atoms with Gasteiger partial charge in [-0.3, -0.25) is 24.5 Å². The molecule has 0 radical (unpaired) electrons. The van der Waals surface area contributed by atoms with Crippen LogP contribution >= 0.6 is 0 Å². The summed E-state index contributed by atoms with van der Waals surface area (Å²) in [5, 5.41) is 14.4. The molecule has 4 atom stereocenters. The van der Waals surface area contributed by atoms with Crippen LogP contribution in [0, 0.1) is 22.0 Å². The Morgan fingerprint density at radius 3 is 2.24 bits per heavy atom. The summed E-state index contributed by atoms with van der Waals surface area (Å²) >= 11 is 0. The molecule has 8 nitrogen and oxygen atoms in total. The van der Waals surface area contributed by atoms with Crippen molar-refractivity contribution < 1.29 is 19.3 Å². The maximum Gasteiger partial charge on any atom is 0.269 e. The van der Waals surface area contributed by atoms with Crippen molar-refractivity contribution in [2.24, 2.45) is 11.8 Å². The largest absolute Gasteiger partial charge is 0.352 e. The van der Waals surface area contributed by atoms with Gasteiger partial charge in [-0.1, -0.05) is 86.7 Å². The molecule has 4 aromatic carbocycles. The van der Waals surface area contributed by atoms with Gasteiger partial charge in [0.2, 0.25) is 5.91 Å². The number of ketones is 2. The fourth-order valence-corrected chi connectivity index (χ4v) is 7.49. The monoisotopic (exact) mass is 597 g/mol. The Morgan fingerprint density at radius 1 is 0.889 bits per heavy atom. The summed E-state index contributed by atoms with van der Waals surface area (Å²) < 4.78 is 0. The van der Waals surface area contributed by atoms with Crippen LogP contribution < -0.4 is 10.2 Å². The second-order valence-electron chi connectivity index (χ2n) is 12.4. The third-order valence-electron chi connectivity index (χ3n) is 9.34. The standard InChI is InChI=1S/C37H31N3O5/c1-22(2)21-23-11-13-25(14-12-23)34(41)32-33(35(42)26-15-18-27(19-16-26)40(44)45)39-30-10-6-3-7-24(30)17-20-31(39)37(32)28-8-4-5-9-29(28)38-36(37)43/h3-20,22,31-33H,21H2,1-2H3,(H,38,43)/t31-,32-,33+,37+/m0/s1. The van der Waals surface area contributed by atoms with E-state index in [2.05, 4.69) is 19.2 Å². The number of hydrogen-bond acceptors (Lipinski definition) is 6. The number of nitrogens with zero attached hydrogens (tertiary/aromatic N) is 2. The van der Waals surface area contributed by atoms with Crippen molar-refractivity contribution in [1.29, 1.82) is 0 Å². The summed E-state index contributed by atoms with van der Waals surface area (Å²) in [5.41, 5.74) is 3.07. The van der Waals surface area contributed by atoms with Crippen molar-refractivity contribution in [3.05, 3.63) is 141 Å². The molecule has 0 aliphatic carbocycles. The molecule has 7 rings (SSSR count). The lowest BCUT2D eigenvalue weighted by Crippen LogP contribution is -2.51. The highest BCUT2D eigenvalue weighted by Gasteiger charge is 2.70. The fourth-order valence-electron chi connectivity index (χ4n) is 7.49. The van der Waals surface area contributed by atoms with Crippen LogP contribution in [0.25, 0.3) is 6.08 Å². The van der Waals surface area contributed by atoms with Gasteiger partial charge in [0, 0.05) is 34.6 Å². The van der Waals surface area contributed by atoms with E-state index in [-0.39, 0.29) is 28.7 Å². The minimum atomic E-state index is -1.42. The molecule has 3 aliphatic rings. The van der Waals surface area contributed by atoms with Crippen LogP contribution in [0.5, 0.6) is 0 Å². The van der Waals surface area contributed by atoms with Crippen LogP contribution in [-0.4, -0.2) is 34.5 Å². The number of nitro benzene ring substituents is 1. The molecule has 0 aromatic heterocycles. The average Bonchev–Trinajstić information content (AvgIpc) is 3.52. The number of benzene rings is 4. The smallest absolute Gasteiger partial charge is 0.269 e. The van der Waals surface area contributed by atoms with Crippen molar-refractivity contribution in [2.75, 3.05) is 10.2 Å². The summed E-state index contributed by atoms with van der Waals surface area (Å²) in [6, 6.07) is 26.2. The van der Waals surface area contributed by atoms with Crippen LogP contribution in [0.1, 0.15) is 51.3 Å². The molecule has 0 bridgehead atoms. The van der Waals surface area contributed by atoms with Gasteiger partial charge in [-0.15, -0.1) is 0 Å². The number of nitrogens with one attached hydrogen (secondary N) is 1. The minimum Gasteiger partial charge on any atom is -0.352 e. The van der Waals surface area contributed by atoms with Crippen molar-refractivity contribution in [1.82, 2.24) is 0 Å². The van der Waals surface area contributed by atoms with E-state index < -0.39 is 28.3 Å². The molecule has 0 unspecified atom stereocenters. The lowest BCUT2D eigenvalue weighted by molar-refractivity contribution is -0.384. The van der Waals surface area contributed by atoms with Crippen molar-refractivity contribution in [2.45, 2.75) is 37.8 Å². The highest BCUT2D eigenvalue weighted by molar-refractivity contribution is 6.18. The van der Waals surface area contributed by atoms with Gasteiger partial charge < -0.3 is 10.2 Å². The number of amides is 1. The zero-order chi connectivity index (χ0) is 31.5. The van der Waals surface area contributed by atoms with Gasteiger partial charge in [-0.2, -0.15) is 0 Å². The van der Waals surface area contributed by atoms with Gasteiger partial charge in [0.1, 0.15) is 11.5 Å². The lowest BCUT2D eigenvalue weighted by atomic mass is 9.64. The Hall–Kier alpha value is -5.37. The number of Topliss-reactive ketones (excluding diaryl/α,β-unsaturated/α-hetero) is 2. The van der Waals surface area contributed by atoms with Crippen LogP contribution in [0.2, 0.25) is 0 Å². The maximum absolute atomic E-state index is 15.0. The van der Waals surface area contributed by atoms with Crippen LogP contribution in [0.15, 0.2) is 103 Å². The predicted octanol–water partition coefficient (Wildman–Crippen LogP) is 6.65. The topological polar surface area (TPSA) is 110 Å². The van der Waals surface area contributed by atoms with Crippen LogP contribution in [-0.2, 0) is 16.6 Å². The first-order valence-electron chi connectivity index (χ1n) is 15.1. The fraction of sp³-hybridized carbons (Fsp3) is 0.216. The molecular weight excluding hydrogens is 566 g/mol. The summed E-state index contributed by atoms with van der Waals surface area (Å²) in [6.45, 7) is 4.26. The molecule has 8 heteroatoms. The Morgan fingerprint density at radius 2 is 1.53 bits per heavy atom. The first kappa shape index (κ1) is 28.4. The van der Waals surface area contributed by atoms with E-state index in [0.717, 1.165) is 23.2 Å². The third kappa shape index (κ3) is 4.31. The molecule has 1 spiro atoms. The van der Waals surface area contributed by atoms with E-state index in [1.54, 1.807) is 12.1 Å². The molecule has 45 heavy (non-hydrogen) atoms. The van der Waals surface area contributed by atoms with Gasteiger partial charge in [0.15, 0.2) is 11.6 Å². The molecule has 224 valence electrons. The van der Waals surface area contributed by atoms with Gasteiger partial charge in [0.25, 0.3) is 5.69 Å². The van der Waals surface area contributed by atoms with E-state index in [4.69, 9.17) is 0 Å². The molecule has 3 heterocycles. The molecule has 4 aromatic rings. The Balaban J connectivity index is 1.47. The zero-order valence-electron chi connectivity index (χ0n) is 24.8. The molecule has 1 N–H and O–H groups in total. The second-order valence-corrected chi connectivity index (χ2v) is 12.4.